The average molecular weight is 625 g/mol. The fourth-order valence-electron chi connectivity index (χ4n) is 9.15. The maximum absolute atomic E-state index is 14.6. The van der Waals surface area contributed by atoms with Crippen LogP contribution in [0.25, 0.3) is 11.3 Å². The molecule has 1 amide bonds. The maximum atomic E-state index is 14.6. The number of likely N-dealkylation sites (tertiary alicyclic amines) is 1. The molecule has 8 nitrogen and oxygen atoms in total. The molecule has 5 saturated carbocycles. The SMILES string of the molecule is COc1ccc(C23CCC(CN(C(=O)C4CCC(N5CC(O)C5)CC4)c4cc(-c5cc(C6CC6)on5)ccn4)(CC2)CC3)cc1C. The average Bonchev–Trinajstić information content (AvgIpc) is 3.82. The first-order chi connectivity index (χ1) is 22.3. The number of aliphatic hydroxyl groups excluding tert-OH is 1. The van der Waals surface area contributed by atoms with E-state index in [2.05, 4.69) is 52.2 Å². The third kappa shape index (κ3) is 5.55. The number of amides is 1. The Morgan fingerprint density at radius 2 is 1.74 bits per heavy atom. The van der Waals surface area contributed by atoms with Gasteiger partial charge in [-0.2, -0.15) is 0 Å². The highest BCUT2D eigenvalue weighted by Gasteiger charge is 2.51. The van der Waals surface area contributed by atoms with Crippen LogP contribution in [-0.4, -0.2) is 64.9 Å². The molecule has 5 aliphatic carbocycles. The van der Waals surface area contributed by atoms with Gasteiger partial charge in [0.2, 0.25) is 5.91 Å². The Balaban J connectivity index is 1.03. The van der Waals surface area contributed by atoms with Gasteiger partial charge in [0, 0.05) is 55.3 Å². The van der Waals surface area contributed by atoms with Crippen molar-refractivity contribution in [1.82, 2.24) is 15.0 Å². The minimum atomic E-state index is -0.184. The van der Waals surface area contributed by atoms with Gasteiger partial charge >= 0.3 is 0 Å². The highest BCUT2D eigenvalue weighted by atomic mass is 16.5. The molecule has 0 atom stereocenters. The number of aromatic nitrogens is 2. The summed E-state index contributed by atoms with van der Waals surface area (Å²) >= 11 is 0. The van der Waals surface area contributed by atoms with Crippen LogP contribution in [0.5, 0.6) is 5.75 Å². The number of fused-ring (bicyclic) bond motifs is 3. The van der Waals surface area contributed by atoms with Crippen LogP contribution in [0.2, 0.25) is 0 Å². The van der Waals surface area contributed by atoms with Crippen molar-refractivity contribution in [2.24, 2.45) is 11.3 Å². The van der Waals surface area contributed by atoms with Gasteiger partial charge in [-0.05, 0) is 124 Å². The third-order valence-corrected chi connectivity index (χ3v) is 12.4. The summed E-state index contributed by atoms with van der Waals surface area (Å²) in [4.78, 5) is 23.9. The van der Waals surface area contributed by atoms with Crippen molar-refractivity contribution in [3.8, 4) is 17.0 Å². The lowest BCUT2D eigenvalue weighted by Crippen LogP contribution is -2.56. The number of carbonyl (C=O) groups excluding carboxylic acids is 1. The molecule has 3 heterocycles. The summed E-state index contributed by atoms with van der Waals surface area (Å²) in [5, 5.41) is 14.2. The van der Waals surface area contributed by atoms with E-state index in [4.69, 9.17) is 14.2 Å². The fraction of sp³-hybridized carbons (Fsp3) is 0.605. The molecule has 1 aromatic carbocycles. The Hall–Kier alpha value is -3.23. The van der Waals surface area contributed by atoms with Crippen LogP contribution in [0.1, 0.15) is 99.9 Å². The minimum absolute atomic E-state index is 0.00590. The molecule has 3 aromatic rings. The van der Waals surface area contributed by atoms with E-state index in [1.54, 1.807) is 7.11 Å². The number of hydrogen-bond donors (Lipinski definition) is 1. The van der Waals surface area contributed by atoms with Crippen LogP contribution in [0, 0.1) is 18.3 Å². The smallest absolute Gasteiger partial charge is 0.231 e. The first kappa shape index (κ1) is 30.1. The van der Waals surface area contributed by atoms with Crippen LogP contribution in [0.4, 0.5) is 5.82 Å². The van der Waals surface area contributed by atoms with Crippen LogP contribution < -0.4 is 9.64 Å². The summed E-state index contributed by atoms with van der Waals surface area (Å²) in [6.07, 6.45) is 14.7. The molecule has 0 spiro atoms. The normalized spacial score (nSPS) is 29.8. The van der Waals surface area contributed by atoms with Crippen molar-refractivity contribution >= 4 is 11.7 Å². The number of carbonyl (C=O) groups is 1. The lowest BCUT2D eigenvalue weighted by Gasteiger charge is -2.55. The van der Waals surface area contributed by atoms with Crippen LogP contribution in [0.3, 0.4) is 0 Å². The standard InChI is InChI=1S/C38H48N4O4/c1-25-19-29(7-10-33(25)45-2)38-15-12-37(13-16-38,14-17-38)24-42(36(44)27-5-8-30(9-6-27)41-22-31(43)23-41)35-20-28(11-18-39-35)32-21-34(46-40-32)26-3-4-26/h7,10-11,18-21,26-27,30-31,43H,3-6,8-9,12-17,22-24H2,1-2H3. The van der Waals surface area contributed by atoms with Gasteiger partial charge < -0.3 is 14.4 Å². The molecule has 6 aliphatic rings. The number of aryl methyl sites for hydroxylation is 1. The number of pyridine rings is 1. The van der Waals surface area contributed by atoms with E-state index >= 15 is 0 Å². The lowest BCUT2D eigenvalue weighted by atomic mass is 9.51. The Labute approximate surface area is 272 Å². The van der Waals surface area contributed by atoms with Gasteiger partial charge in [0.15, 0.2) is 0 Å². The number of hydrogen-bond acceptors (Lipinski definition) is 7. The summed E-state index contributed by atoms with van der Waals surface area (Å²) in [7, 11) is 1.74. The van der Waals surface area contributed by atoms with Crippen LogP contribution in [0.15, 0.2) is 47.1 Å². The largest absolute Gasteiger partial charge is 0.496 e. The van der Waals surface area contributed by atoms with Gasteiger partial charge in [-0.25, -0.2) is 4.98 Å². The van der Waals surface area contributed by atoms with Crippen molar-refractivity contribution in [3.63, 3.8) is 0 Å². The van der Waals surface area contributed by atoms with Gasteiger partial charge in [-0.15, -0.1) is 0 Å². The van der Waals surface area contributed by atoms with Crippen molar-refractivity contribution in [2.75, 3.05) is 31.6 Å². The zero-order valence-corrected chi connectivity index (χ0v) is 27.4. The molecule has 2 aromatic heterocycles. The van der Waals surface area contributed by atoms with E-state index < -0.39 is 0 Å². The van der Waals surface area contributed by atoms with Gasteiger partial charge in [0.1, 0.15) is 23.0 Å². The lowest BCUT2D eigenvalue weighted by molar-refractivity contribution is -0.125. The van der Waals surface area contributed by atoms with Crippen LogP contribution >= 0.6 is 0 Å². The van der Waals surface area contributed by atoms with E-state index in [-0.39, 0.29) is 28.8 Å². The Kier molecular flexibility index (Phi) is 7.72. The summed E-state index contributed by atoms with van der Waals surface area (Å²) in [6, 6.07) is 13.4. The predicted molar refractivity (Wildman–Crippen MR) is 177 cm³/mol. The van der Waals surface area contributed by atoms with Gasteiger partial charge in [0.05, 0.1) is 13.2 Å². The maximum Gasteiger partial charge on any atom is 0.231 e. The number of methoxy groups -OCH3 is 1. The number of nitrogens with zero attached hydrogens (tertiary/aromatic N) is 4. The second-order valence-corrected chi connectivity index (χ2v) is 15.3. The fourth-order valence-corrected chi connectivity index (χ4v) is 9.15. The molecular formula is C38H48N4O4. The first-order valence-electron chi connectivity index (χ1n) is 17.7. The number of β-amino-alcohol motifs (C(OH)–C–C–N with tert-alkyl or cyclic N) is 1. The number of rotatable bonds is 9. The zero-order chi connectivity index (χ0) is 31.5. The van der Waals surface area contributed by atoms with Crippen molar-refractivity contribution < 1.29 is 19.2 Å². The number of ether oxygens (including phenoxy) is 1. The number of benzene rings is 1. The summed E-state index contributed by atoms with van der Waals surface area (Å²) in [6.45, 7) is 4.42. The molecule has 1 aliphatic heterocycles. The molecule has 0 unspecified atom stereocenters. The molecule has 1 saturated heterocycles. The Bertz CT molecular complexity index is 1560. The van der Waals surface area contributed by atoms with E-state index in [1.807, 2.05) is 12.3 Å². The van der Waals surface area contributed by atoms with Gasteiger partial charge in [0.25, 0.3) is 0 Å². The van der Waals surface area contributed by atoms with Gasteiger partial charge in [-0.1, -0.05) is 17.3 Å². The van der Waals surface area contributed by atoms with E-state index in [0.717, 1.165) is 112 Å². The number of aliphatic hydroxyl groups is 1. The molecule has 244 valence electrons. The minimum Gasteiger partial charge on any atom is -0.496 e. The predicted octanol–water partition coefficient (Wildman–Crippen LogP) is 6.79. The monoisotopic (exact) mass is 624 g/mol. The number of anilines is 1. The molecule has 1 N–H and O–H groups in total. The summed E-state index contributed by atoms with van der Waals surface area (Å²) in [5.74, 6) is 3.40. The zero-order valence-electron chi connectivity index (χ0n) is 27.4. The topological polar surface area (TPSA) is 91.9 Å². The molecule has 46 heavy (non-hydrogen) atoms. The molecule has 6 fully saturated rings. The molecular weight excluding hydrogens is 576 g/mol. The summed E-state index contributed by atoms with van der Waals surface area (Å²) < 4.78 is 11.2. The first-order valence-corrected chi connectivity index (χ1v) is 17.7. The van der Waals surface area contributed by atoms with E-state index in [1.165, 1.54) is 24.0 Å². The highest BCUT2D eigenvalue weighted by Crippen LogP contribution is 2.58. The van der Waals surface area contributed by atoms with E-state index in [9.17, 15) is 9.90 Å². The highest BCUT2D eigenvalue weighted by molar-refractivity contribution is 5.95. The molecule has 0 radical (unpaired) electrons. The third-order valence-electron chi connectivity index (χ3n) is 12.4. The second kappa shape index (κ2) is 11.8. The Morgan fingerprint density at radius 1 is 1.00 bits per heavy atom. The molecule has 9 rings (SSSR count). The van der Waals surface area contributed by atoms with Gasteiger partial charge in [-0.3, -0.25) is 14.6 Å². The second-order valence-electron chi connectivity index (χ2n) is 15.3. The summed E-state index contributed by atoms with van der Waals surface area (Å²) in [5.41, 5.74) is 4.76. The van der Waals surface area contributed by atoms with E-state index in [0.29, 0.717) is 12.0 Å². The quantitative estimate of drug-likeness (QED) is 0.280. The molecule has 8 heteroatoms. The van der Waals surface area contributed by atoms with Crippen molar-refractivity contribution in [1.29, 1.82) is 0 Å². The van der Waals surface area contributed by atoms with Crippen LogP contribution in [-0.2, 0) is 10.2 Å². The Morgan fingerprint density at radius 3 is 2.39 bits per heavy atom. The molecule has 2 bridgehead atoms. The van der Waals surface area contributed by atoms with Crippen molar-refractivity contribution in [3.05, 3.63) is 59.5 Å². The van der Waals surface area contributed by atoms with Crippen molar-refractivity contribution in [2.45, 2.75) is 107 Å².